The van der Waals surface area contributed by atoms with Gasteiger partial charge in [0.2, 0.25) is 5.91 Å². The Hall–Kier alpha value is -0.790. The van der Waals surface area contributed by atoms with Crippen molar-refractivity contribution >= 4 is 5.91 Å². The van der Waals surface area contributed by atoms with Crippen molar-refractivity contribution in [2.45, 2.75) is 19.8 Å². The average Bonchev–Trinajstić information content (AvgIpc) is 1.82. The zero-order valence-electron chi connectivity index (χ0n) is 6.55. The minimum Gasteiger partial charge on any atom is -0.320 e. The molecule has 0 aliphatic carbocycles. The molecule has 1 amide bonds. The minimum atomic E-state index is 0.198. The Morgan fingerprint density at radius 3 is 2.70 bits per heavy atom. The van der Waals surface area contributed by atoms with Gasteiger partial charge in [0, 0.05) is 19.2 Å². The van der Waals surface area contributed by atoms with Gasteiger partial charge in [-0.15, -0.1) is 0 Å². The second-order valence-corrected chi connectivity index (χ2v) is 3.03. The van der Waals surface area contributed by atoms with Crippen molar-refractivity contribution in [3.8, 4) is 0 Å². The van der Waals surface area contributed by atoms with Crippen LogP contribution in [0.1, 0.15) is 19.8 Å². The Morgan fingerprint density at radius 1 is 1.60 bits per heavy atom. The summed E-state index contributed by atoms with van der Waals surface area (Å²) in [4.78, 5) is 12.7. The van der Waals surface area contributed by atoms with Crippen molar-refractivity contribution in [3.05, 3.63) is 12.3 Å². The van der Waals surface area contributed by atoms with E-state index in [0.717, 1.165) is 12.1 Å². The average molecular weight is 139 g/mol. The maximum absolute atomic E-state index is 11.1. The maximum atomic E-state index is 11.1. The van der Waals surface area contributed by atoms with Crippen LogP contribution in [0.4, 0.5) is 0 Å². The molecule has 1 saturated heterocycles. The first-order valence-electron chi connectivity index (χ1n) is 3.55. The zero-order valence-corrected chi connectivity index (χ0v) is 6.55. The number of likely N-dealkylation sites (tertiary alicyclic amines) is 1. The quantitative estimate of drug-likeness (QED) is 0.496. The summed E-state index contributed by atoms with van der Waals surface area (Å²) >= 11 is 0. The summed E-state index contributed by atoms with van der Waals surface area (Å²) in [6.07, 6.45) is 1.64. The number of carbonyl (C=O) groups excluding carboxylic acids is 1. The monoisotopic (exact) mass is 139 g/mol. The van der Waals surface area contributed by atoms with E-state index in [2.05, 4.69) is 13.5 Å². The van der Waals surface area contributed by atoms with Gasteiger partial charge in [-0.2, -0.15) is 0 Å². The highest BCUT2D eigenvalue weighted by Gasteiger charge is 2.22. The lowest BCUT2D eigenvalue weighted by molar-refractivity contribution is -0.130. The summed E-state index contributed by atoms with van der Waals surface area (Å²) in [5.74, 6) is 0.681. The third-order valence-electron chi connectivity index (χ3n) is 1.96. The maximum Gasteiger partial charge on any atom is 0.226 e. The van der Waals surface area contributed by atoms with Crippen LogP contribution in [0.2, 0.25) is 0 Å². The van der Waals surface area contributed by atoms with E-state index in [4.69, 9.17) is 0 Å². The van der Waals surface area contributed by atoms with E-state index in [-0.39, 0.29) is 5.91 Å². The highest BCUT2D eigenvalue weighted by atomic mass is 16.2. The molecule has 0 bridgehead atoms. The molecule has 0 aromatic heterocycles. The lowest BCUT2D eigenvalue weighted by Gasteiger charge is -2.28. The van der Waals surface area contributed by atoms with Crippen molar-refractivity contribution in [1.82, 2.24) is 4.90 Å². The number of nitrogens with zero attached hydrogens (tertiary/aromatic N) is 1. The molecule has 1 aliphatic rings. The molecule has 0 N–H and O–H groups in total. The van der Waals surface area contributed by atoms with Crippen molar-refractivity contribution in [1.29, 1.82) is 0 Å². The topological polar surface area (TPSA) is 20.3 Å². The van der Waals surface area contributed by atoms with Gasteiger partial charge >= 0.3 is 0 Å². The standard InChI is InChI=1S/C8H13NO/c1-6-4-7(2)9(3)8(10)5-6/h6H,2,4-5H2,1,3H3. The van der Waals surface area contributed by atoms with Crippen LogP contribution in [0.15, 0.2) is 12.3 Å². The van der Waals surface area contributed by atoms with Gasteiger partial charge < -0.3 is 4.90 Å². The fourth-order valence-corrected chi connectivity index (χ4v) is 1.22. The number of rotatable bonds is 0. The Labute approximate surface area is 61.5 Å². The molecule has 0 radical (unpaired) electrons. The first-order chi connectivity index (χ1) is 4.61. The van der Waals surface area contributed by atoms with Crippen LogP contribution in [0.25, 0.3) is 0 Å². The van der Waals surface area contributed by atoms with Crippen molar-refractivity contribution < 1.29 is 4.79 Å². The number of hydrogen-bond acceptors (Lipinski definition) is 1. The lowest BCUT2D eigenvalue weighted by Crippen LogP contribution is -2.32. The highest BCUT2D eigenvalue weighted by molar-refractivity contribution is 5.78. The Bertz CT molecular complexity index is 156. The number of allylic oxidation sites excluding steroid dienone is 1. The van der Waals surface area contributed by atoms with Crippen LogP contribution < -0.4 is 0 Å². The highest BCUT2D eigenvalue weighted by Crippen LogP contribution is 2.23. The second-order valence-electron chi connectivity index (χ2n) is 3.03. The molecule has 1 rings (SSSR count). The third-order valence-corrected chi connectivity index (χ3v) is 1.96. The van der Waals surface area contributed by atoms with Crippen LogP contribution >= 0.6 is 0 Å². The fourth-order valence-electron chi connectivity index (χ4n) is 1.22. The van der Waals surface area contributed by atoms with E-state index in [1.165, 1.54) is 0 Å². The molecule has 1 fully saturated rings. The second kappa shape index (κ2) is 2.45. The summed E-state index contributed by atoms with van der Waals surface area (Å²) < 4.78 is 0. The molecule has 2 nitrogen and oxygen atoms in total. The molecule has 1 aliphatic heterocycles. The molecular weight excluding hydrogens is 126 g/mol. The largest absolute Gasteiger partial charge is 0.320 e. The lowest BCUT2D eigenvalue weighted by atomic mass is 9.97. The molecule has 1 unspecified atom stereocenters. The number of hydrogen-bond donors (Lipinski definition) is 0. The van der Waals surface area contributed by atoms with E-state index >= 15 is 0 Å². The molecule has 56 valence electrons. The van der Waals surface area contributed by atoms with Crippen LogP contribution in [0, 0.1) is 5.92 Å². The normalized spacial score (nSPS) is 27.4. The Kier molecular flexibility index (Phi) is 1.79. The number of carbonyl (C=O) groups is 1. The van der Waals surface area contributed by atoms with Gasteiger partial charge in [-0.05, 0) is 12.3 Å². The van der Waals surface area contributed by atoms with Crippen LogP contribution in [-0.4, -0.2) is 17.9 Å². The molecule has 0 saturated carbocycles. The first kappa shape index (κ1) is 7.32. The number of amides is 1. The smallest absolute Gasteiger partial charge is 0.226 e. The van der Waals surface area contributed by atoms with E-state index in [1.807, 2.05) is 0 Å². The molecule has 0 spiro atoms. The van der Waals surface area contributed by atoms with Crippen molar-refractivity contribution in [2.75, 3.05) is 7.05 Å². The van der Waals surface area contributed by atoms with Gasteiger partial charge in [-0.3, -0.25) is 4.79 Å². The van der Waals surface area contributed by atoms with Crippen molar-refractivity contribution in [3.63, 3.8) is 0 Å². The summed E-state index contributed by atoms with van der Waals surface area (Å²) in [7, 11) is 1.79. The predicted molar refractivity (Wildman–Crippen MR) is 40.3 cm³/mol. The fraction of sp³-hybridized carbons (Fsp3) is 0.625. The van der Waals surface area contributed by atoms with Crippen LogP contribution in [0.3, 0.4) is 0 Å². The van der Waals surface area contributed by atoms with E-state index in [9.17, 15) is 4.79 Å². The molecule has 1 heterocycles. The Balaban J connectivity index is 2.66. The van der Waals surface area contributed by atoms with E-state index < -0.39 is 0 Å². The van der Waals surface area contributed by atoms with Gasteiger partial charge in [-0.25, -0.2) is 0 Å². The summed E-state index contributed by atoms with van der Waals surface area (Å²) in [6.45, 7) is 5.88. The SMILES string of the molecule is C=C1CC(C)CC(=O)N1C. The van der Waals surface area contributed by atoms with Gasteiger partial charge in [-0.1, -0.05) is 13.5 Å². The molecule has 2 heteroatoms. The molecule has 10 heavy (non-hydrogen) atoms. The summed E-state index contributed by atoms with van der Waals surface area (Å²) in [6, 6.07) is 0. The third kappa shape index (κ3) is 1.20. The number of piperidine rings is 1. The Morgan fingerprint density at radius 2 is 2.20 bits per heavy atom. The predicted octanol–water partition coefficient (Wildman–Crippen LogP) is 1.39. The van der Waals surface area contributed by atoms with Gasteiger partial charge in [0.05, 0.1) is 0 Å². The van der Waals surface area contributed by atoms with Gasteiger partial charge in [0.15, 0.2) is 0 Å². The molecule has 0 aromatic rings. The first-order valence-corrected chi connectivity index (χ1v) is 3.55. The molecule has 0 aromatic carbocycles. The van der Waals surface area contributed by atoms with E-state index in [1.54, 1.807) is 11.9 Å². The minimum absolute atomic E-state index is 0.198. The van der Waals surface area contributed by atoms with Gasteiger partial charge in [0.25, 0.3) is 0 Å². The van der Waals surface area contributed by atoms with Crippen LogP contribution in [0.5, 0.6) is 0 Å². The molecular formula is C8H13NO. The van der Waals surface area contributed by atoms with E-state index in [0.29, 0.717) is 12.3 Å². The zero-order chi connectivity index (χ0) is 7.72. The summed E-state index contributed by atoms with van der Waals surface area (Å²) in [5.41, 5.74) is 0.948. The van der Waals surface area contributed by atoms with Crippen molar-refractivity contribution in [2.24, 2.45) is 5.92 Å². The van der Waals surface area contributed by atoms with Gasteiger partial charge in [0.1, 0.15) is 0 Å². The summed E-state index contributed by atoms with van der Waals surface area (Å²) in [5, 5.41) is 0. The van der Waals surface area contributed by atoms with Crippen LogP contribution in [-0.2, 0) is 4.79 Å². The molecule has 1 atom stereocenters.